The fourth-order valence-electron chi connectivity index (χ4n) is 6.79. The van der Waals surface area contributed by atoms with E-state index in [1.54, 1.807) is 38.5 Å². The van der Waals surface area contributed by atoms with Crippen molar-refractivity contribution < 1.29 is 0 Å². The molecule has 0 aliphatic heterocycles. The molecule has 0 N–H and O–H groups in total. The summed E-state index contributed by atoms with van der Waals surface area (Å²) in [4.78, 5) is 0. The molecule has 2 heteroatoms. The van der Waals surface area contributed by atoms with Crippen LogP contribution in [0.25, 0.3) is 0 Å². The van der Waals surface area contributed by atoms with E-state index in [9.17, 15) is 0 Å². The summed E-state index contributed by atoms with van der Waals surface area (Å²) in [6, 6.07) is 0. The minimum absolute atomic E-state index is 1.13. The highest BCUT2D eigenvalue weighted by Crippen LogP contribution is 2.57. The predicted molar refractivity (Wildman–Crippen MR) is 99.9 cm³/mol. The number of hydrogen-bond donors (Lipinski definition) is 0. The molecule has 22 heavy (non-hydrogen) atoms. The molecule has 0 amide bonds. The molecule has 0 radical (unpaired) electrons. The highest BCUT2D eigenvalue weighted by molar-refractivity contribution is 6.81. The maximum Gasteiger partial charge on any atom is 0.137 e. The van der Waals surface area contributed by atoms with Crippen molar-refractivity contribution in [2.24, 2.45) is 0 Å². The van der Waals surface area contributed by atoms with Crippen molar-refractivity contribution in [3.8, 4) is 0 Å². The average molecular weight is 322 g/mol. The fourth-order valence-corrected chi connectivity index (χ4v) is 15.0. The van der Waals surface area contributed by atoms with Crippen LogP contribution in [0.3, 0.4) is 0 Å². The zero-order valence-corrected chi connectivity index (χ0v) is 16.3. The van der Waals surface area contributed by atoms with Crippen LogP contribution >= 0.6 is 0 Å². The average Bonchev–Trinajstić information content (AvgIpc) is 2.58. The van der Waals surface area contributed by atoms with Crippen LogP contribution in [-0.4, -0.2) is 26.9 Å². The Morgan fingerprint density at radius 2 is 0.773 bits per heavy atom. The minimum Gasteiger partial charge on any atom is -0.328 e. The standard InChI is InChI=1S/C20H39NSi/c1-21(2)22(18-12-6-3-7-13-18,19-14-8-4-9-15-19)20-16-10-5-11-17-20/h18-20H,3-17H2,1-2H3. The lowest BCUT2D eigenvalue weighted by Gasteiger charge is -2.56. The van der Waals surface area contributed by atoms with Crippen molar-refractivity contribution in [2.75, 3.05) is 14.1 Å². The lowest BCUT2D eigenvalue weighted by Crippen LogP contribution is -2.61. The Labute approximate surface area is 140 Å². The molecule has 1 nitrogen and oxygen atoms in total. The zero-order valence-electron chi connectivity index (χ0n) is 15.3. The van der Waals surface area contributed by atoms with Gasteiger partial charge in [-0.05, 0) is 30.7 Å². The molecule has 3 aliphatic carbocycles. The first-order chi connectivity index (χ1) is 10.8. The summed E-state index contributed by atoms with van der Waals surface area (Å²) in [5, 5.41) is 0. The van der Waals surface area contributed by atoms with Gasteiger partial charge in [-0.2, -0.15) is 0 Å². The van der Waals surface area contributed by atoms with E-state index in [2.05, 4.69) is 18.7 Å². The monoisotopic (exact) mass is 321 g/mol. The van der Waals surface area contributed by atoms with Gasteiger partial charge in [0.1, 0.15) is 8.24 Å². The van der Waals surface area contributed by atoms with Crippen LogP contribution in [0.4, 0.5) is 0 Å². The summed E-state index contributed by atoms with van der Waals surface area (Å²) < 4.78 is 2.90. The molecule has 0 saturated heterocycles. The van der Waals surface area contributed by atoms with Gasteiger partial charge in [0.05, 0.1) is 0 Å². The van der Waals surface area contributed by atoms with Crippen LogP contribution in [-0.2, 0) is 0 Å². The van der Waals surface area contributed by atoms with Gasteiger partial charge >= 0.3 is 0 Å². The van der Waals surface area contributed by atoms with E-state index in [0.717, 1.165) is 16.6 Å². The molecule has 0 aromatic heterocycles. The topological polar surface area (TPSA) is 3.24 Å². The number of hydrogen-bond acceptors (Lipinski definition) is 1. The summed E-state index contributed by atoms with van der Waals surface area (Å²) in [6.45, 7) is 0. The van der Waals surface area contributed by atoms with Crippen LogP contribution in [0.5, 0.6) is 0 Å². The summed E-state index contributed by atoms with van der Waals surface area (Å²) >= 11 is 0. The quantitative estimate of drug-likeness (QED) is 0.534. The molecular formula is C20H39NSi. The van der Waals surface area contributed by atoms with Gasteiger partial charge in [0, 0.05) is 0 Å². The second kappa shape index (κ2) is 7.83. The first-order valence-electron chi connectivity index (χ1n) is 10.4. The van der Waals surface area contributed by atoms with E-state index in [-0.39, 0.29) is 0 Å². The van der Waals surface area contributed by atoms with E-state index in [1.165, 1.54) is 57.8 Å². The molecule has 128 valence electrons. The van der Waals surface area contributed by atoms with Crippen LogP contribution in [0.2, 0.25) is 16.6 Å². The number of nitrogens with zero attached hydrogens (tertiary/aromatic N) is 1. The minimum atomic E-state index is -1.34. The molecule has 0 unspecified atom stereocenters. The molecule has 3 aliphatic rings. The van der Waals surface area contributed by atoms with E-state index in [1.807, 2.05) is 0 Å². The van der Waals surface area contributed by atoms with E-state index in [4.69, 9.17) is 0 Å². The van der Waals surface area contributed by atoms with Crippen molar-refractivity contribution >= 4 is 8.24 Å². The Morgan fingerprint density at radius 1 is 0.500 bits per heavy atom. The summed E-state index contributed by atoms with van der Waals surface area (Å²) in [5.41, 5.74) is 3.38. The van der Waals surface area contributed by atoms with Crippen LogP contribution < -0.4 is 0 Å². The molecule has 0 spiro atoms. The van der Waals surface area contributed by atoms with Gasteiger partial charge in [-0.1, -0.05) is 96.3 Å². The maximum absolute atomic E-state index is 2.90. The summed E-state index contributed by atoms with van der Waals surface area (Å²) in [5.74, 6) is 0. The van der Waals surface area contributed by atoms with Crippen molar-refractivity contribution in [1.82, 2.24) is 4.57 Å². The third-order valence-corrected chi connectivity index (χ3v) is 14.8. The van der Waals surface area contributed by atoms with Crippen molar-refractivity contribution in [2.45, 2.75) is 113 Å². The predicted octanol–water partition coefficient (Wildman–Crippen LogP) is 6.50. The smallest absolute Gasteiger partial charge is 0.137 e. The van der Waals surface area contributed by atoms with Crippen LogP contribution in [0, 0.1) is 0 Å². The normalized spacial score (nSPS) is 27.4. The first kappa shape index (κ1) is 17.0. The molecule has 0 heterocycles. The molecule has 3 fully saturated rings. The third kappa shape index (κ3) is 3.20. The molecule has 3 saturated carbocycles. The van der Waals surface area contributed by atoms with Gasteiger partial charge < -0.3 is 4.57 Å². The first-order valence-corrected chi connectivity index (χ1v) is 12.6. The van der Waals surface area contributed by atoms with Gasteiger partial charge in [0.25, 0.3) is 0 Å². The van der Waals surface area contributed by atoms with Crippen molar-refractivity contribution in [1.29, 1.82) is 0 Å². The van der Waals surface area contributed by atoms with Crippen molar-refractivity contribution in [3.63, 3.8) is 0 Å². The number of rotatable bonds is 4. The van der Waals surface area contributed by atoms with Gasteiger partial charge in [0.2, 0.25) is 0 Å². The Kier molecular flexibility index (Phi) is 6.06. The Morgan fingerprint density at radius 3 is 1.00 bits per heavy atom. The van der Waals surface area contributed by atoms with Gasteiger partial charge in [-0.15, -0.1) is 0 Å². The van der Waals surface area contributed by atoms with E-state index in [0.29, 0.717) is 0 Å². The van der Waals surface area contributed by atoms with Gasteiger partial charge in [-0.3, -0.25) is 0 Å². The molecule has 0 aromatic carbocycles. The Balaban J connectivity index is 1.92. The molecule has 0 bridgehead atoms. The Bertz CT molecular complexity index is 277. The second-order valence-corrected chi connectivity index (χ2v) is 13.9. The van der Waals surface area contributed by atoms with Crippen LogP contribution in [0.15, 0.2) is 0 Å². The zero-order chi connectivity index (χ0) is 15.4. The highest BCUT2D eigenvalue weighted by atomic mass is 28.3. The fraction of sp³-hybridized carbons (Fsp3) is 1.00. The molecule has 0 aromatic rings. The lowest BCUT2D eigenvalue weighted by atomic mass is 9.98. The largest absolute Gasteiger partial charge is 0.328 e. The Hall–Kier alpha value is 0.177. The molecule has 0 atom stereocenters. The third-order valence-electron chi connectivity index (χ3n) is 7.55. The van der Waals surface area contributed by atoms with Gasteiger partial charge in [-0.25, -0.2) is 0 Å². The lowest BCUT2D eigenvalue weighted by molar-refractivity contribution is 0.369. The highest BCUT2D eigenvalue weighted by Gasteiger charge is 2.54. The SMILES string of the molecule is CN(C)[Si](C1CCCCC1)(C1CCCCC1)C1CCCCC1. The van der Waals surface area contributed by atoms with Crippen LogP contribution in [0.1, 0.15) is 96.3 Å². The molecular weight excluding hydrogens is 282 g/mol. The van der Waals surface area contributed by atoms with E-state index >= 15 is 0 Å². The van der Waals surface area contributed by atoms with Gasteiger partial charge in [0.15, 0.2) is 0 Å². The maximum atomic E-state index is 2.90. The van der Waals surface area contributed by atoms with E-state index < -0.39 is 8.24 Å². The summed E-state index contributed by atoms with van der Waals surface area (Å²) in [7, 11) is 3.67. The summed E-state index contributed by atoms with van der Waals surface area (Å²) in [6.07, 6.45) is 23.2. The second-order valence-electron chi connectivity index (χ2n) is 8.79. The van der Waals surface area contributed by atoms with Crippen molar-refractivity contribution in [3.05, 3.63) is 0 Å². The molecule has 3 rings (SSSR count).